The van der Waals surface area contributed by atoms with Gasteiger partial charge in [-0.2, -0.15) is 4.98 Å². The van der Waals surface area contributed by atoms with Gasteiger partial charge in [-0.25, -0.2) is 9.97 Å². The third-order valence-electron chi connectivity index (χ3n) is 3.06. The first-order chi connectivity index (χ1) is 9.24. The van der Waals surface area contributed by atoms with E-state index in [-0.39, 0.29) is 0 Å². The predicted octanol–water partition coefficient (Wildman–Crippen LogP) is 2.55. The van der Waals surface area contributed by atoms with Crippen LogP contribution in [0.25, 0.3) is 11.2 Å². The summed E-state index contributed by atoms with van der Waals surface area (Å²) in [6.45, 7) is 4.63. The second-order valence-electron chi connectivity index (χ2n) is 4.50. The molecule has 3 aromatic rings. The summed E-state index contributed by atoms with van der Waals surface area (Å²) in [6, 6.07) is 6.32. The highest BCUT2D eigenvalue weighted by Crippen LogP contribution is 2.19. The summed E-state index contributed by atoms with van der Waals surface area (Å²) in [5.41, 5.74) is 4.93. The van der Waals surface area contributed by atoms with Gasteiger partial charge in [-0.1, -0.05) is 23.8 Å². The molecule has 96 valence electrons. The van der Waals surface area contributed by atoms with Crippen LogP contribution in [0, 0.1) is 13.8 Å². The zero-order chi connectivity index (χ0) is 13.2. The Bertz CT molecular complexity index is 720. The molecule has 1 aromatic carbocycles. The zero-order valence-corrected chi connectivity index (χ0v) is 10.8. The molecule has 2 heterocycles. The van der Waals surface area contributed by atoms with E-state index in [0.29, 0.717) is 18.1 Å². The van der Waals surface area contributed by atoms with E-state index in [9.17, 15) is 0 Å². The molecule has 19 heavy (non-hydrogen) atoms. The number of hydrogen-bond acceptors (Lipinski definition) is 4. The lowest BCUT2D eigenvalue weighted by Gasteiger charge is -2.09. The van der Waals surface area contributed by atoms with Gasteiger partial charge in [0.1, 0.15) is 18.5 Å². The van der Waals surface area contributed by atoms with Crippen LogP contribution in [0.5, 0.6) is 5.88 Å². The molecule has 0 unspecified atom stereocenters. The van der Waals surface area contributed by atoms with Crippen LogP contribution in [-0.2, 0) is 6.61 Å². The summed E-state index contributed by atoms with van der Waals surface area (Å²) in [5.74, 6) is 0.531. The SMILES string of the molecule is Cc1ccc(C)c(COc2ncnc3nc[nH]c23)c1. The van der Waals surface area contributed by atoms with Crippen LogP contribution in [0.2, 0.25) is 0 Å². The first-order valence-electron chi connectivity index (χ1n) is 6.07. The Kier molecular flexibility index (Phi) is 2.87. The molecule has 2 aromatic heterocycles. The maximum atomic E-state index is 5.78. The molecule has 0 bridgehead atoms. The van der Waals surface area contributed by atoms with Crippen molar-refractivity contribution < 1.29 is 4.74 Å². The van der Waals surface area contributed by atoms with Crippen LogP contribution in [0.3, 0.4) is 0 Å². The molecule has 5 heteroatoms. The highest BCUT2D eigenvalue weighted by molar-refractivity contribution is 5.74. The van der Waals surface area contributed by atoms with Crippen molar-refractivity contribution in [1.29, 1.82) is 0 Å². The standard InChI is InChI=1S/C14H14N4O/c1-9-3-4-10(2)11(5-9)6-19-14-12-13(16-7-15-12)17-8-18-14/h3-5,7-8H,6H2,1-2H3,(H,15,16,17,18). The summed E-state index contributed by atoms with van der Waals surface area (Å²) >= 11 is 0. The normalized spacial score (nSPS) is 10.8. The Balaban J connectivity index is 1.86. The molecule has 0 aliphatic heterocycles. The van der Waals surface area contributed by atoms with Crippen LogP contribution >= 0.6 is 0 Å². The zero-order valence-electron chi connectivity index (χ0n) is 10.8. The van der Waals surface area contributed by atoms with E-state index in [1.807, 2.05) is 0 Å². The van der Waals surface area contributed by atoms with Crippen LogP contribution in [0.1, 0.15) is 16.7 Å². The molecule has 5 nitrogen and oxygen atoms in total. The first-order valence-corrected chi connectivity index (χ1v) is 6.07. The minimum Gasteiger partial charge on any atom is -0.471 e. The molecule has 0 fully saturated rings. The van der Waals surface area contributed by atoms with Crippen molar-refractivity contribution in [2.24, 2.45) is 0 Å². The van der Waals surface area contributed by atoms with Gasteiger partial charge in [0.05, 0.1) is 6.33 Å². The second kappa shape index (κ2) is 4.68. The Labute approximate surface area is 110 Å². The maximum Gasteiger partial charge on any atom is 0.243 e. The lowest BCUT2D eigenvalue weighted by Crippen LogP contribution is -2.01. The highest BCUT2D eigenvalue weighted by atomic mass is 16.5. The van der Waals surface area contributed by atoms with Crippen molar-refractivity contribution in [2.75, 3.05) is 0 Å². The van der Waals surface area contributed by atoms with Crippen molar-refractivity contribution in [1.82, 2.24) is 19.9 Å². The fraction of sp³-hybridized carbons (Fsp3) is 0.214. The molecule has 3 rings (SSSR count). The third-order valence-corrected chi connectivity index (χ3v) is 3.06. The summed E-state index contributed by atoms with van der Waals surface area (Å²) in [7, 11) is 0. The second-order valence-corrected chi connectivity index (χ2v) is 4.50. The molecule has 0 aliphatic rings. The molecular formula is C14H14N4O. The molecule has 0 saturated heterocycles. The van der Waals surface area contributed by atoms with Crippen LogP contribution < -0.4 is 4.74 Å². The minimum atomic E-state index is 0.485. The van der Waals surface area contributed by atoms with Crippen molar-refractivity contribution in [2.45, 2.75) is 20.5 Å². The monoisotopic (exact) mass is 254 g/mol. The molecule has 0 saturated carbocycles. The van der Waals surface area contributed by atoms with Crippen molar-refractivity contribution in [3.05, 3.63) is 47.5 Å². The van der Waals surface area contributed by atoms with Crippen LogP contribution in [0.4, 0.5) is 0 Å². The van der Waals surface area contributed by atoms with Gasteiger partial charge in [0.2, 0.25) is 5.88 Å². The average Bonchev–Trinajstić information content (AvgIpc) is 2.88. The van der Waals surface area contributed by atoms with Gasteiger partial charge in [-0.05, 0) is 25.0 Å². The smallest absolute Gasteiger partial charge is 0.243 e. The predicted molar refractivity (Wildman–Crippen MR) is 71.9 cm³/mol. The lowest BCUT2D eigenvalue weighted by atomic mass is 10.1. The number of imidazole rings is 1. The number of aromatic amines is 1. The minimum absolute atomic E-state index is 0.485. The molecule has 0 atom stereocenters. The number of rotatable bonds is 3. The van der Waals surface area contributed by atoms with E-state index >= 15 is 0 Å². The fourth-order valence-corrected chi connectivity index (χ4v) is 1.95. The molecule has 0 amide bonds. The van der Waals surface area contributed by atoms with E-state index in [4.69, 9.17) is 4.74 Å². The Morgan fingerprint density at radius 1 is 1.16 bits per heavy atom. The van der Waals surface area contributed by atoms with E-state index in [1.54, 1.807) is 6.33 Å². The number of hydrogen-bond donors (Lipinski definition) is 1. The molecule has 0 spiro atoms. The molecule has 1 N–H and O–H groups in total. The van der Waals surface area contributed by atoms with Gasteiger partial charge in [-0.15, -0.1) is 0 Å². The number of nitrogens with one attached hydrogen (secondary N) is 1. The Morgan fingerprint density at radius 3 is 2.95 bits per heavy atom. The quantitative estimate of drug-likeness (QED) is 0.780. The molecule has 0 aliphatic carbocycles. The summed E-state index contributed by atoms with van der Waals surface area (Å²) < 4.78 is 5.78. The van der Waals surface area contributed by atoms with Gasteiger partial charge in [0, 0.05) is 0 Å². The van der Waals surface area contributed by atoms with Gasteiger partial charge < -0.3 is 9.72 Å². The van der Waals surface area contributed by atoms with E-state index < -0.39 is 0 Å². The van der Waals surface area contributed by atoms with Gasteiger partial charge in [0.15, 0.2) is 5.65 Å². The average molecular weight is 254 g/mol. The number of benzene rings is 1. The van der Waals surface area contributed by atoms with Crippen molar-refractivity contribution in [3.8, 4) is 5.88 Å². The topological polar surface area (TPSA) is 63.7 Å². The number of aromatic nitrogens is 4. The van der Waals surface area contributed by atoms with E-state index in [0.717, 1.165) is 11.1 Å². The van der Waals surface area contributed by atoms with Gasteiger partial charge in [-0.3, -0.25) is 0 Å². The van der Waals surface area contributed by atoms with Crippen molar-refractivity contribution >= 4 is 11.2 Å². The lowest BCUT2D eigenvalue weighted by molar-refractivity contribution is 0.296. The number of aryl methyl sites for hydroxylation is 2. The van der Waals surface area contributed by atoms with Crippen LogP contribution in [-0.4, -0.2) is 19.9 Å². The Hall–Kier alpha value is -2.43. The number of fused-ring (bicyclic) bond motifs is 1. The first kappa shape index (κ1) is 11.6. The molecule has 0 radical (unpaired) electrons. The third kappa shape index (κ3) is 2.27. The van der Waals surface area contributed by atoms with Crippen LogP contribution in [0.15, 0.2) is 30.9 Å². The number of ether oxygens (including phenoxy) is 1. The maximum absolute atomic E-state index is 5.78. The summed E-state index contributed by atoms with van der Waals surface area (Å²) in [4.78, 5) is 15.3. The Morgan fingerprint density at radius 2 is 2.05 bits per heavy atom. The number of H-pyrrole nitrogens is 1. The highest BCUT2D eigenvalue weighted by Gasteiger charge is 2.07. The number of nitrogens with zero attached hydrogens (tertiary/aromatic N) is 3. The summed E-state index contributed by atoms with van der Waals surface area (Å²) in [6.07, 6.45) is 3.05. The van der Waals surface area contributed by atoms with E-state index in [1.165, 1.54) is 17.5 Å². The van der Waals surface area contributed by atoms with E-state index in [2.05, 4.69) is 52.0 Å². The van der Waals surface area contributed by atoms with Gasteiger partial charge in [0.25, 0.3) is 0 Å². The largest absolute Gasteiger partial charge is 0.471 e. The van der Waals surface area contributed by atoms with Crippen molar-refractivity contribution in [3.63, 3.8) is 0 Å². The van der Waals surface area contributed by atoms with Gasteiger partial charge >= 0.3 is 0 Å². The summed E-state index contributed by atoms with van der Waals surface area (Å²) in [5, 5.41) is 0. The molecular weight excluding hydrogens is 240 g/mol. The fourth-order valence-electron chi connectivity index (χ4n) is 1.95.